The number of nitrogens with zero attached hydrogens (tertiary/aromatic N) is 4. The Morgan fingerprint density at radius 3 is 2.67 bits per heavy atom. The van der Waals surface area contributed by atoms with Gasteiger partial charge in [-0.2, -0.15) is 0 Å². The third-order valence-corrected chi connectivity index (χ3v) is 5.16. The van der Waals surface area contributed by atoms with E-state index in [1.165, 1.54) is 36.7 Å². The van der Waals surface area contributed by atoms with E-state index in [1.807, 2.05) is 0 Å². The Morgan fingerprint density at radius 1 is 1.30 bits per heavy atom. The Kier molecular flexibility index (Phi) is 6.28. The average Bonchev–Trinajstić information content (AvgIpc) is 3.43. The standard InChI is InChI=1S/C17H22N6O3S/c1-2-22-16(12-3-4-12)20-21-17(22)27-11-15(24)19-10-9-18-13-5-7-14(8-6-13)23(25)26/h5-8,12,18H,2-4,9-11H2,1H3,(H,19,24). The average molecular weight is 390 g/mol. The number of nitro benzene ring substituents is 1. The second-order valence-corrected chi connectivity index (χ2v) is 7.17. The molecular weight excluding hydrogens is 368 g/mol. The van der Waals surface area contributed by atoms with E-state index in [4.69, 9.17) is 0 Å². The zero-order valence-electron chi connectivity index (χ0n) is 15.1. The minimum absolute atomic E-state index is 0.0515. The summed E-state index contributed by atoms with van der Waals surface area (Å²) in [5.74, 6) is 1.79. The highest BCUT2D eigenvalue weighted by Gasteiger charge is 2.30. The Bertz CT molecular complexity index is 804. The van der Waals surface area contributed by atoms with Gasteiger partial charge in [0.15, 0.2) is 5.16 Å². The van der Waals surface area contributed by atoms with Crippen LogP contribution in [0.1, 0.15) is 31.5 Å². The van der Waals surface area contributed by atoms with E-state index in [0.717, 1.165) is 23.2 Å². The molecule has 0 radical (unpaired) electrons. The van der Waals surface area contributed by atoms with Gasteiger partial charge in [-0.15, -0.1) is 10.2 Å². The first-order valence-corrected chi connectivity index (χ1v) is 9.88. The maximum atomic E-state index is 12.0. The van der Waals surface area contributed by atoms with Crippen molar-refractivity contribution in [1.82, 2.24) is 20.1 Å². The number of thioether (sulfide) groups is 1. The normalized spacial score (nSPS) is 13.4. The molecule has 1 amide bonds. The molecule has 27 heavy (non-hydrogen) atoms. The summed E-state index contributed by atoms with van der Waals surface area (Å²) in [6, 6.07) is 6.17. The first-order valence-electron chi connectivity index (χ1n) is 8.89. The van der Waals surface area contributed by atoms with Gasteiger partial charge < -0.3 is 15.2 Å². The van der Waals surface area contributed by atoms with Crippen molar-refractivity contribution >= 4 is 29.0 Å². The summed E-state index contributed by atoms with van der Waals surface area (Å²) in [4.78, 5) is 22.2. The van der Waals surface area contributed by atoms with Crippen molar-refractivity contribution in [3.8, 4) is 0 Å². The number of nitro groups is 1. The Balaban J connectivity index is 1.37. The molecule has 0 saturated heterocycles. The summed E-state index contributed by atoms with van der Waals surface area (Å²) >= 11 is 1.40. The maximum absolute atomic E-state index is 12.0. The van der Waals surface area contributed by atoms with E-state index in [0.29, 0.717) is 24.8 Å². The molecule has 0 aliphatic heterocycles. The maximum Gasteiger partial charge on any atom is 0.269 e. The van der Waals surface area contributed by atoms with Crippen molar-refractivity contribution in [2.75, 3.05) is 24.2 Å². The summed E-state index contributed by atoms with van der Waals surface area (Å²) in [6.07, 6.45) is 2.34. The minimum atomic E-state index is -0.436. The summed E-state index contributed by atoms with van der Waals surface area (Å²) in [5.41, 5.74) is 0.823. The molecule has 1 aliphatic rings. The predicted octanol–water partition coefficient (Wildman–Crippen LogP) is 2.40. The first-order chi connectivity index (χ1) is 13.1. The number of amides is 1. The SMILES string of the molecule is CCn1c(SCC(=O)NCCNc2ccc([N+](=O)[O-])cc2)nnc1C1CC1. The molecule has 1 aromatic heterocycles. The van der Waals surface area contributed by atoms with Gasteiger partial charge in [0, 0.05) is 43.4 Å². The third kappa shape index (κ3) is 5.19. The Labute approximate surface area is 161 Å². The van der Waals surface area contributed by atoms with Crippen molar-refractivity contribution < 1.29 is 9.72 Å². The van der Waals surface area contributed by atoms with Crippen molar-refractivity contribution in [3.63, 3.8) is 0 Å². The Hall–Kier alpha value is -2.62. The molecule has 1 fully saturated rings. The highest BCUT2D eigenvalue weighted by molar-refractivity contribution is 7.99. The zero-order valence-corrected chi connectivity index (χ0v) is 15.9. The fourth-order valence-corrected chi connectivity index (χ4v) is 3.48. The molecule has 144 valence electrons. The third-order valence-electron chi connectivity index (χ3n) is 4.19. The number of hydrogen-bond acceptors (Lipinski definition) is 7. The van der Waals surface area contributed by atoms with Crippen LogP contribution >= 0.6 is 11.8 Å². The molecular formula is C17H22N6O3S. The molecule has 0 unspecified atom stereocenters. The molecule has 0 bridgehead atoms. The van der Waals surface area contributed by atoms with Gasteiger partial charge in [0.2, 0.25) is 5.91 Å². The summed E-state index contributed by atoms with van der Waals surface area (Å²) in [6.45, 7) is 3.86. The fourth-order valence-electron chi connectivity index (χ4n) is 2.64. The minimum Gasteiger partial charge on any atom is -0.383 e. The van der Waals surface area contributed by atoms with Crippen LogP contribution in [0.4, 0.5) is 11.4 Å². The van der Waals surface area contributed by atoms with E-state index in [2.05, 4.69) is 32.3 Å². The van der Waals surface area contributed by atoms with Crippen LogP contribution in [-0.4, -0.2) is 44.4 Å². The van der Waals surface area contributed by atoms with Crippen molar-refractivity contribution in [2.45, 2.75) is 37.4 Å². The van der Waals surface area contributed by atoms with Crippen LogP contribution in [0.2, 0.25) is 0 Å². The monoisotopic (exact) mass is 390 g/mol. The van der Waals surface area contributed by atoms with Crippen LogP contribution in [0.5, 0.6) is 0 Å². The zero-order chi connectivity index (χ0) is 19.2. The van der Waals surface area contributed by atoms with Gasteiger partial charge in [-0.3, -0.25) is 14.9 Å². The second kappa shape index (κ2) is 8.85. The predicted molar refractivity (Wildman–Crippen MR) is 103 cm³/mol. The van der Waals surface area contributed by atoms with Gasteiger partial charge >= 0.3 is 0 Å². The number of carbonyl (C=O) groups is 1. The second-order valence-electron chi connectivity index (χ2n) is 6.23. The highest BCUT2D eigenvalue weighted by Crippen LogP contribution is 2.39. The summed E-state index contributed by atoms with van der Waals surface area (Å²) in [5, 5.41) is 25.8. The quantitative estimate of drug-likeness (QED) is 0.277. The van der Waals surface area contributed by atoms with Crippen LogP contribution in [-0.2, 0) is 11.3 Å². The molecule has 1 heterocycles. The van der Waals surface area contributed by atoms with Gasteiger partial charge in [-0.25, -0.2) is 0 Å². The van der Waals surface area contributed by atoms with Gasteiger partial charge in [0.25, 0.3) is 5.69 Å². The number of carbonyl (C=O) groups excluding carboxylic acids is 1. The number of non-ortho nitro benzene ring substituents is 1. The van der Waals surface area contributed by atoms with Crippen LogP contribution in [0.25, 0.3) is 0 Å². The van der Waals surface area contributed by atoms with E-state index >= 15 is 0 Å². The van der Waals surface area contributed by atoms with E-state index < -0.39 is 4.92 Å². The van der Waals surface area contributed by atoms with Crippen LogP contribution in [0, 0.1) is 10.1 Å². The van der Waals surface area contributed by atoms with E-state index in [1.54, 1.807) is 12.1 Å². The molecule has 1 aromatic carbocycles. The summed E-state index contributed by atoms with van der Waals surface area (Å²) < 4.78 is 2.09. The van der Waals surface area contributed by atoms with Gasteiger partial charge in [-0.1, -0.05) is 11.8 Å². The lowest BCUT2D eigenvalue weighted by Crippen LogP contribution is -2.30. The number of rotatable bonds is 10. The lowest BCUT2D eigenvalue weighted by Gasteiger charge is -2.08. The number of hydrogen-bond donors (Lipinski definition) is 2. The topological polar surface area (TPSA) is 115 Å². The number of benzene rings is 1. The van der Waals surface area contributed by atoms with Crippen molar-refractivity contribution in [1.29, 1.82) is 0 Å². The molecule has 0 atom stereocenters. The van der Waals surface area contributed by atoms with Crippen LogP contribution < -0.4 is 10.6 Å². The Morgan fingerprint density at radius 2 is 2.04 bits per heavy atom. The molecule has 2 N–H and O–H groups in total. The molecule has 10 heteroatoms. The van der Waals surface area contributed by atoms with Crippen LogP contribution in [0.15, 0.2) is 29.4 Å². The molecule has 3 rings (SSSR count). The molecule has 1 saturated carbocycles. The molecule has 1 aliphatic carbocycles. The van der Waals surface area contributed by atoms with Crippen molar-refractivity contribution in [3.05, 3.63) is 40.2 Å². The van der Waals surface area contributed by atoms with Gasteiger partial charge in [-0.05, 0) is 31.9 Å². The fraction of sp³-hybridized carbons (Fsp3) is 0.471. The number of nitrogens with one attached hydrogen (secondary N) is 2. The van der Waals surface area contributed by atoms with Crippen LogP contribution in [0.3, 0.4) is 0 Å². The lowest BCUT2D eigenvalue weighted by atomic mass is 10.3. The first kappa shape index (κ1) is 19.2. The number of anilines is 1. The number of aromatic nitrogens is 3. The van der Waals surface area contributed by atoms with E-state index in [-0.39, 0.29) is 11.6 Å². The lowest BCUT2D eigenvalue weighted by molar-refractivity contribution is -0.384. The smallest absolute Gasteiger partial charge is 0.269 e. The van der Waals surface area contributed by atoms with Gasteiger partial charge in [0.05, 0.1) is 10.7 Å². The largest absolute Gasteiger partial charge is 0.383 e. The molecule has 9 nitrogen and oxygen atoms in total. The highest BCUT2D eigenvalue weighted by atomic mass is 32.2. The molecule has 0 spiro atoms. The molecule has 2 aromatic rings. The summed E-state index contributed by atoms with van der Waals surface area (Å²) in [7, 11) is 0. The van der Waals surface area contributed by atoms with Gasteiger partial charge in [0.1, 0.15) is 5.82 Å². The van der Waals surface area contributed by atoms with Crippen molar-refractivity contribution in [2.24, 2.45) is 0 Å². The van der Waals surface area contributed by atoms with E-state index in [9.17, 15) is 14.9 Å².